The second-order valence-electron chi connectivity index (χ2n) is 6.11. The summed E-state index contributed by atoms with van der Waals surface area (Å²) in [5.74, 6) is 1.52. The fraction of sp³-hybridized carbons (Fsp3) is 0.333. The average molecular weight is 387 g/mol. The monoisotopic (exact) mass is 386 g/mol. The quantitative estimate of drug-likeness (QED) is 0.691. The summed E-state index contributed by atoms with van der Waals surface area (Å²) in [4.78, 5) is 6.73. The number of morpholine rings is 1. The zero-order chi connectivity index (χ0) is 18.5. The fourth-order valence-corrected chi connectivity index (χ4v) is 2.88. The predicted molar refractivity (Wildman–Crippen MR) is 102 cm³/mol. The lowest BCUT2D eigenvalue weighted by Crippen LogP contribution is -2.39. The molecule has 4 rings (SSSR count). The molecule has 0 aliphatic carbocycles. The SMILES string of the molecule is Clc1ccc(-c2noc(-c3ccc(NCCN4CCOCC4)nn3)n2)cc1. The molecule has 0 amide bonds. The van der Waals surface area contributed by atoms with E-state index < -0.39 is 0 Å². The van der Waals surface area contributed by atoms with E-state index in [9.17, 15) is 0 Å². The minimum atomic E-state index is 0.326. The Hall–Kier alpha value is -2.55. The highest BCUT2D eigenvalue weighted by Crippen LogP contribution is 2.22. The van der Waals surface area contributed by atoms with E-state index in [2.05, 4.69) is 30.6 Å². The van der Waals surface area contributed by atoms with Gasteiger partial charge in [-0.05, 0) is 36.4 Å². The molecule has 3 heterocycles. The zero-order valence-corrected chi connectivity index (χ0v) is 15.4. The van der Waals surface area contributed by atoms with Gasteiger partial charge in [-0.2, -0.15) is 4.98 Å². The highest BCUT2D eigenvalue weighted by molar-refractivity contribution is 6.30. The van der Waals surface area contributed by atoms with Gasteiger partial charge in [-0.25, -0.2) is 0 Å². The van der Waals surface area contributed by atoms with Crippen LogP contribution in [-0.4, -0.2) is 64.6 Å². The van der Waals surface area contributed by atoms with Crippen molar-refractivity contribution in [1.29, 1.82) is 0 Å². The number of rotatable bonds is 6. The molecule has 1 fully saturated rings. The largest absolute Gasteiger partial charge is 0.379 e. The average Bonchev–Trinajstić information content (AvgIpc) is 3.20. The normalized spacial score (nSPS) is 15.0. The molecule has 0 atom stereocenters. The van der Waals surface area contributed by atoms with Gasteiger partial charge in [-0.15, -0.1) is 10.2 Å². The van der Waals surface area contributed by atoms with Gasteiger partial charge in [0.15, 0.2) is 5.69 Å². The van der Waals surface area contributed by atoms with Crippen LogP contribution in [0.1, 0.15) is 0 Å². The van der Waals surface area contributed by atoms with E-state index in [1.54, 1.807) is 12.1 Å². The van der Waals surface area contributed by atoms with Crippen molar-refractivity contribution in [2.75, 3.05) is 44.7 Å². The van der Waals surface area contributed by atoms with Gasteiger partial charge in [0.25, 0.3) is 5.89 Å². The van der Waals surface area contributed by atoms with Crippen molar-refractivity contribution in [2.45, 2.75) is 0 Å². The highest BCUT2D eigenvalue weighted by Gasteiger charge is 2.13. The molecule has 1 aromatic carbocycles. The molecular weight excluding hydrogens is 368 g/mol. The maximum atomic E-state index is 5.90. The van der Waals surface area contributed by atoms with Crippen molar-refractivity contribution in [3.05, 3.63) is 41.4 Å². The Morgan fingerprint density at radius 2 is 1.85 bits per heavy atom. The molecule has 27 heavy (non-hydrogen) atoms. The molecule has 0 spiro atoms. The Bertz CT molecular complexity index is 862. The number of nitrogens with zero attached hydrogens (tertiary/aromatic N) is 5. The number of nitrogens with one attached hydrogen (secondary N) is 1. The third kappa shape index (κ3) is 4.60. The summed E-state index contributed by atoms with van der Waals surface area (Å²) in [6.07, 6.45) is 0. The Morgan fingerprint density at radius 3 is 2.59 bits per heavy atom. The highest BCUT2D eigenvalue weighted by atomic mass is 35.5. The van der Waals surface area contributed by atoms with Crippen molar-refractivity contribution >= 4 is 17.4 Å². The predicted octanol–water partition coefficient (Wildman–Crippen LogP) is 2.59. The second kappa shape index (κ2) is 8.43. The van der Waals surface area contributed by atoms with Gasteiger partial charge in [0.2, 0.25) is 5.82 Å². The summed E-state index contributed by atoms with van der Waals surface area (Å²) in [5, 5.41) is 16.3. The molecule has 1 saturated heterocycles. The third-order valence-corrected chi connectivity index (χ3v) is 4.50. The van der Waals surface area contributed by atoms with Crippen molar-refractivity contribution in [1.82, 2.24) is 25.2 Å². The summed E-state index contributed by atoms with van der Waals surface area (Å²) < 4.78 is 10.6. The maximum absolute atomic E-state index is 5.90. The lowest BCUT2D eigenvalue weighted by atomic mass is 10.2. The molecular formula is C18H19ClN6O2. The van der Waals surface area contributed by atoms with E-state index in [1.807, 2.05) is 24.3 Å². The fourth-order valence-electron chi connectivity index (χ4n) is 2.75. The van der Waals surface area contributed by atoms with Crippen LogP contribution < -0.4 is 5.32 Å². The number of aromatic nitrogens is 4. The van der Waals surface area contributed by atoms with Crippen LogP contribution in [0.4, 0.5) is 5.82 Å². The van der Waals surface area contributed by atoms with Crippen molar-refractivity contribution in [2.24, 2.45) is 0 Å². The Labute approximate surface area is 161 Å². The minimum absolute atomic E-state index is 0.326. The summed E-state index contributed by atoms with van der Waals surface area (Å²) in [6.45, 7) is 5.29. The third-order valence-electron chi connectivity index (χ3n) is 4.25. The Balaban J connectivity index is 1.35. The van der Waals surface area contributed by atoms with Crippen LogP contribution in [-0.2, 0) is 4.74 Å². The molecule has 0 unspecified atom stereocenters. The molecule has 2 aromatic heterocycles. The second-order valence-corrected chi connectivity index (χ2v) is 6.55. The van der Waals surface area contributed by atoms with Crippen LogP contribution in [0.5, 0.6) is 0 Å². The van der Waals surface area contributed by atoms with E-state index in [1.165, 1.54) is 0 Å². The minimum Gasteiger partial charge on any atom is -0.379 e. The molecule has 1 aliphatic rings. The molecule has 0 saturated carbocycles. The number of hydrogen-bond acceptors (Lipinski definition) is 8. The first-order chi connectivity index (χ1) is 13.3. The molecule has 0 bridgehead atoms. The number of halogens is 1. The lowest BCUT2D eigenvalue weighted by molar-refractivity contribution is 0.0398. The van der Waals surface area contributed by atoms with Gasteiger partial charge in [0.1, 0.15) is 5.82 Å². The van der Waals surface area contributed by atoms with Gasteiger partial charge < -0.3 is 14.6 Å². The van der Waals surface area contributed by atoms with Crippen molar-refractivity contribution in [3.63, 3.8) is 0 Å². The number of ether oxygens (including phenoxy) is 1. The van der Waals surface area contributed by atoms with E-state index in [4.69, 9.17) is 20.9 Å². The van der Waals surface area contributed by atoms with Crippen LogP contribution in [0.3, 0.4) is 0 Å². The van der Waals surface area contributed by atoms with Crippen LogP contribution in [0.15, 0.2) is 40.9 Å². The Kier molecular flexibility index (Phi) is 5.57. The van der Waals surface area contributed by atoms with E-state index in [-0.39, 0.29) is 0 Å². The summed E-state index contributed by atoms with van der Waals surface area (Å²) in [6, 6.07) is 10.9. The molecule has 9 heteroatoms. The molecule has 0 radical (unpaired) electrons. The van der Waals surface area contributed by atoms with Gasteiger partial charge >= 0.3 is 0 Å². The standard InChI is InChI=1S/C18H19ClN6O2/c19-14-3-1-13(2-4-14)17-21-18(27-24-17)15-5-6-16(23-22-15)20-7-8-25-9-11-26-12-10-25/h1-6H,7-12H2,(H,20,23). The Morgan fingerprint density at radius 1 is 1.04 bits per heavy atom. The smallest absolute Gasteiger partial charge is 0.278 e. The van der Waals surface area contributed by atoms with Gasteiger partial charge in [-0.1, -0.05) is 16.8 Å². The maximum Gasteiger partial charge on any atom is 0.278 e. The first kappa shape index (κ1) is 17.8. The van der Waals surface area contributed by atoms with Crippen molar-refractivity contribution in [3.8, 4) is 23.0 Å². The number of anilines is 1. The first-order valence-electron chi connectivity index (χ1n) is 8.76. The molecule has 140 valence electrons. The molecule has 8 nitrogen and oxygen atoms in total. The molecule has 1 N–H and O–H groups in total. The number of benzene rings is 1. The van der Waals surface area contributed by atoms with Crippen LogP contribution in [0.2, 0.25) is 5.02 Å². The molecule has 3 aromatic rings. The molecule has 1 aliphatic heterocycles. The van der Waals surface area contributed by atoms with Crippen molar-refractivity contribution < 1.29 is 9.26 Å². The van der Waals surface area contributed by atoms with Crippen LogP contribution in [0.25, 0.3) is 23.0 Å². The number of hydrogen-bond donors (Lipinski definition) is 1. The van der Waals surface area contributed by atoms with Crippen LogP contribution >= 0.6 is 11.6 Å². The van der Waals surface area contributed by atoms with Gasteiger partial charge in [-0.3, -0.25) is 4.90 Å². The van der Waals surface area contributed by atoms with Crippen LogP contribution in [0, 0.1) is 0 Å². The van der Waals surface area contributed by atoms with Gasteiger partial charge in [0.05, 0.1) is 13.2 Å². The van der Waals surface area contributed by atoms with E-state index >= 15 is 0 Å². The lowest BCUT2D eigenvalue weighted by Gasteiger charge is -2.26. The summed E-state index contributed by atoms with van der Waals surface area (Å²) >= 11 is 5.90. The summed E-state index contributed by atoms with van der Waals surface area (Å²) in [5.41, 5.74) is 1.35. The van der Waals surface area contributed by atoms with Gasteiger partial charge in [0, 0.05) is 36.8 Å². The van der Waals surface area contributed by atoms with E-state index in [0.717, 1.165) is 45.0 Å². The summed E-state index contributed by atoms with van der Waals surface area (Å²) in [7, 11) is 0. The topological polar surface area (TPSA) is 89.2 Å². The zero-order valence-electron chi connectivity index (χ0n) is 14.6. The first-order valence-corrected chi connectivity index (χ1v) is 9.13. The van der Waals surface area contributed by atoms with E-state index in [0.29, 0.717) is 28.2 Å².